The van der Waals surface area contributed by atoms with Gasteiger partial charge in [-0.1, -0.05) is 50.0 Å². The van der Waals surface area contributed by atoms with Crippen molar-refractivity contribution in [2.45, 2.75) is 26.7 Å². The van der Waals surface area contributed by atoms with Gasteiger partial charge in [0.1, 0.15) is 23.3 Å². The molecule has 5 nitrogen and oxygen atoms in total. The second-order valence-corrected chi connectivity index (χ2v) is 10.2. The Morgan fingerprint density at radius 2 is 1.90 bits per heavy atom. The summed E-state index contributed by atoms with van der Waals surface area (Å²) in [6.45, 7) is 7.16. The first-order chi connectivity index (χ1) is 14.8. The Kier molecular flexibility index (Phi) is 8.23. The smallest absolute Gasteiger partial charge is 0.263 e. The highest BCUT2D eigenvalue weighted by Gasteiger charge is 2.22. The van der Waals surface area contributed by atoms with E-state index in [1.54, 1.807) is 13.2 Å². The van der Waals surface area contributed by atoms with Gasteiger partial charge in [-0.05, 0) is 76.4 Å². The maximum atomic E-state index is 11.9. The predicted octanol–water partition coefficient (Wildman–Crippen LogP) is 5.68. The minimum absolute atomic E-state index is 0.182. The van der Waals surface area contributed by atoms with Crippen LogP contribution >= 0.6 is 46.6 Å². The largest absolute Gasteiger partial charge is 0.493 e. The number of carbonyl (C=O) groups excluding carboxylic acids is 1. The van der Waals surface area contributed by atoms with E-state index in [-0.39, 0.29) is 5.91 Å². The summed E-state index contributed by atoms with van der Waals surface area (Å²) < 4.78 is 18.9. The Bertz CT molecular complexity index is 1040. The molecule has 1 amide bonds. The maximum absolute atomic E-state index is 11.9. The van der Waals surface area contributed by atoms with E-state index in [2.05, 4.69) is 66.9 Å². The van der Waals surface area contributed by atoms with Crippen molar-refractivity contribution >= 4 is 62.9 Å². The molecular formula is C23H24INO4S2. The molecule has 1 N–H and O–H groups in total. The number of carbonyl (C=O) groups is 1. The van der Waals surface area contributed by atoms with Crippen LogP contribution in [0.3, 0.4) is 0 Å². The first-order valence-electron chi connectivity index (χ1n) is 9.77. The highest BCUT2D eigenvalue weighted by atomic mass is 127. The van der Waals surface area contributed by atoms with Crippen molar-refractivity contribution in [1.82, 2.24) is 5.32 Å². The van der Waals surface area contributed by atoms with Crippen molar-refractivity contribution in [2.75, 3.05) is 20.3 Å². The maximum Gasteiger partial charge on any atom is 0.263 e. The van der Waals surface area contributed by atoms with Crippen LogP contribution in [0, 0.1) is 10.5 Å². The summed E-state index contributed by atoms with van der Waals surface area (Å²) >= 11 is 8.50. The van der Waals surface area contributed by atoms with Crippen LogP contribution in [0.1, 0.15) is 36.5 Å². The summed E-state index contributed by atoms with van der Waals surface area (Å²) in [6.07, 6.45) is 1.79. The lowest BCUT2D eigenvalue weighted by Gasteiger charge is -2.16. The van der Waals surface area contributed by atoms with Crippen LogP contribution in [-0.2, 0) is 4.79 Å². The fraction of sp³-hybridized carbons (Fsp3) is 0.304. The standard InChI is InChI=1S/C23H24INO4S2/c1-13(2)16-6-5-14(3)9-18(16)28-7-8-29-21-17(24)10-15(11-19(21)27-4)12-20-22(26)25-23(30)31-20/h5-6,9-13H,7-8H2,1-4H3,(H,25,26,30)/b20-12+. The summed E-state index contributed by atoms with van der Waals surface area (Å²) in [5.74, 6) is 2.35. The molecule has 0 bridgehead atoms. The fourth-order valence-electron chi connectivity index (χ4n) is 3.07. The number of halogens is 1. The molecule has 0 saturated carbocycles. The van der Waals surface area contributed by atoms with Crippen LogP contribution < -0.4 is 19.5 Å². The van der Waals surface area contributed by atoms with Crippen LogP contribution in [-0.4, -0.2) is 30.6 Å². The first kappa shape index (κ1) is 23.9. The Balaban J connectivity index is 1.69. The zero-order valence-corrected chi connectivity index (χ0v) is 21.6. The van der Waals surface area contributed by atoms with Gasteiger partial charge >= 0.3 is 0 Å². The van der Waals surface area contributed by atoms with Gasteiger partial charge in [-0.2, -0.15) is 0 Å². The summed E-state index contributed by atoms with van der Waals surface area (Å²) in [5, 5.41) is 2.62. The molecule has 1 heterocycles. The van der Waals surface area contributed by atoms with Gasteiger partial charge in [-0.25, -0.2) is 0 Å². The minimum atomic E-state index is -0.182. The number of benzene rings is 2. The number of rotatable bonds is 8. The number of hydrogen-bond donors (Lipinski definition) is 1. The quantitative estimate of drug-likeness (QED) is 0.191. The minimum Gasteiger partial charge on any atom is -0.493 e. The molecule has 1 aliphatic rings. The molecule has 0 spiro atoms. The number of ether oxygens (including phenoxy) is 3. The molecule has 31 heavy (non-hydrogen) atoms. The average molecular weight is 569 g/mol. The number of aryl methyl sites for hydroxylation is 1. The molecule has 0 unspecified atom stereocenters. The van der Waals surface area contributed by atoms with Gasteiger partial charge in [-0.15, -0.1) is 0 Å². The lowest BCUT2D eigenvalue weighted by atomic mass is 10.0. The van der Waals surface area contributed by atoms with Gasteiger partial charge in [-0.3, -0.25) is 4.79 Å². The average Bonchev–Trinajstić information content (AvgIpc) is 3.02. The molecule has 0 radical (unpaired) electrons. The topological polar surface area (TPSA) is 56.8 Å². The number of nitrogens with one attached hydrogen (secondary N) is 1. The second-order valence-electron chi connectivity index (χ2n) is 7.28. The Labute approximate surface area is 206 Å². The zero-order chi connectivity index (χ0) is 22.5. The Hall–Kier alpha value is -1.78. The van der Waals surface area contributed by atoms with E-state index in [0.717, 1.165) is 20.4 Å². The molecule has 2 aromatic rings. The summed E-state index contributed by atoms with van der Waals surface area (Å²) in [6, 6.07) is 10.1. The molecule has 0 aromatic heterocycles. The van der Waals surface area contributed by atoms with Gasteiger partial charge < -0.3 is 19.5 Å². The number of methoxy groups -OCH3 is 1. The SMILES string of the molecule is COc1cc(/C=C2/SC(=S)NC2=O)cc(I)c1OCCOc1cc(C)ccc1C(C)C. The van der Waals surface area contributed by atoms with Gasteiger partial charge in [0.05, 0.1) is 15.6 Å². The van der Waals surface area contributed by atoms with E-state index >= 15 is 0 Å². The molecule has 1 aliphatic heterocycles. The van der Waals surface area contributed by atoms with Crippen molar-refractivity contribution in [3.8, 4) is 17.2 Å². The normalized spacial score (nSPS) is 14.8. The fourth-order valence-corrected chi connectivity index (χ4v) is 4.90. The highest BCUT2D eigenvalue weighted by Crippen LogP contribution is 2.36. The highest BCUT2D eigenvalue weighted by molar-refractivity contribution is 14.1. The molecule has 0 atom stereocenters. The van der Waals surface area contributed by atoms with Crippen LogP contribution in [0.15, 0.2) is 35.2 Å². The van der Waals surface area contributed by atoms with E-state index < -0.39 is 0 Å². The van der Waals surface area contributed by atoms with Crippen molar-refractivity contribution in [3.05, 3.63) is 55.5 Å². The molecule has 0 aliphatic carbocycles. The number of amides is 1. The van der Waals surface area contributed by atoms with Crippen molar-refractivity contribution in [2.24, 2.45) is 0 Å². The first-order valence-corrected chi connectivity index (χ1v) is 12.1. The van der Waals surface area contributed by atoms with Crippen LogP contribution in [0.5, 0.6) is 17.2 Å². The van der Waals surface area contributed by atoms with E-state index in [0.29, 0.717) is 39.9 Å². The molecule has 8 heteroatoms. The number of thiocarbonyl (C=S) groups is 1. The van der Waals surface area contributed by atoms with Crippen LogP contribution in [0.25, 0.3) is 6.08 Å². The molecule has 164 valence electrons. The van der Waals surface area contributed by atoms with E-state index in [1.165, 1.54) is 17.3 Å². The molecular weight excluding hydrogens is 545 g/mol. The van der Waals surface area contributed by atoms with E-state index in [9.17, 15) is 4.79 Å². The Morgan fingerprint density at radius 1 is 1.16 bits per heavy atom. The van der Waals surface area contributed by atoms with Crippen molar-refractivity contribution in [1.29, 1.82) is 0 Å². The monoisotopic (exact) mass is 569 g/mol. The third kappa shape index (κ3) is 6.14. The molecule has 3 rings (SSSR count). The predicted molar refractivity (Wildman–Crippen MR) is 138 cm³/mol. The summed E-state index contributed by atoms with van der Waals surface area (Å²) in [5.41, 5.74) is 3.19. The number of thioether (sulfide) groups is 1. The van der Waals surface area contributed by atoms with E-state index in [1.807, 2.05) is 12.1 Å². The third-order valence-electron chi connectivity index (χ3n) is 4.57. The third-order valence-corrected chi connectivity index (χ3v) is 6.53. The van der Waals surface area contributed by atoms with Gasteiger partial charge in [0.2, 0.25) is 0 Å². The lowest BCUT2D eigenvalue weighted by Crippen LogP contribution is -2.17. The van der Waals surface area contributed by atoms with Gasteiger partial charge in [0.25, 0.3) is 5.91 Å². The van der Waals surface area contributed by atoms with Crippen LogP contribution in [0.2, 0.25) is 0 Å². The molecule has 2 aromatic carbocycles. The lowest BCUT2D eigenvalue weighted by molar-refractivity contribution is -0.115. The second kappa shape index (κ2) is 10.7. The molecule has 1 fully saturated rings. The summed E-state index contributed by atoms with van der Waals surface area (Å²) in [7, 11) is 1.60. The summed E-state index contributed by atoms with van der Waals surface area (Å²) in [4.78, 5) is 12.5. The van der Waals surface area contributed by atoms with E-state index in [4.69, 9.17) is 26.4 Å². The Morgan fingerprint density at radius 3 is 2.55 bits per heavy atom. The van der Waals surface area contributed by atoms with Crippen molar-refractivity contribution in [3.63, 3.8) is 0 Å². The van der Waals surface area contributed by atoms with Crippen LogP contribution in [0.4, 0.5) is 0 Å². The zero-order valence-electron chi connectivity index (χ0n) is 17.8. The van der Waals surface area contributed by atoms with Gasteiger partial charge in [0.15, 0.2) is 11.5 Å². The number of hydrogen-bond acceptors (Lipinski definition) is 6. The van der Waals surface area contributed by atoms with Gasteiger partial charge in [0, 0.05) is 0 Å². The molecule has 1 saturated heterocycles. The van der Waals surface area contributed by atoms with Crippen molar-refractivity contribution < 1.29 is 19.0 Å².